The highest BCUT2D eigenvalue weighted by Gasteiger charge is 2.42. The Morgan fingerprint density at radius 1 is 1.64 bits per heavy atom. The number of nitrogen functional groups attached to an aromatic ring is 1. The number of nitrogens with one attached hydrogen (secondary N) is 1. The topological polar surface area (TPSA) is 150 Å². The molecule has 2 aromatic heterocycles. The van der Waals surface area contributed by atoms with Gasteiger partial charge in [-0.3, -0.25) is 9.78 Å². The van der Waals surface area contributed by atoms with Crippen molar-refractivity contribution in [2.75, 3.05) is 12.3 Å². The van der Waals surface area contributed by atoms with Crippen LogP contribution in [-0.4, -0.2) is 43.6 Å². The number of anilines is 1. The summed E-state index contributed by atoms with van der Waals surface area (Å²) in [7, 11) is 0. The Morgan fingerprint density at radius 3 is 2.95 bits per heavy atom. The van der Waals surface area contributed by atoms with E-state index in [2.05, 4.69) is 9.97 Å². The number of aliphatic hydroxyl groups excluding tert-OH is 2. The van der Waals surface area contributed by atoms with Crippen molar-refractivity contribution < 1.29 is 14.9 Å². The number of nitriles is 1. The summed E-state index contributed by atoms with van der Waals surface area (Å²) in [5.41, 5.74) is 5.29. The van der Waals surface area contributed by atoms with Crippen LogP contribution >= 0.6 is 0 Å². The van der Waals surface area contributed by atoms with Crippen LogP contribution in [0.25, 0.3) is 11.0 Å². The lowest BCUT2D eigenvalue weighted by atomic mass is 10.0. The number of aromatic nitrogens is 3. The second kappa shape index (κ2) is 5.10. The van der Waals surface area contributed by atoms with Crippen molar-refractivity contribution in [1.82, 2.24) is 14.5 Å². The lowest BCUT2D eigenvalue weighted by Crippen LogP contribution is -2.25. The summed E-state index contributed by atoms with van der Waals surface area (Å²) in [6.45, 7) is 1.51. The van der Waals surface area contributed by atoms with Crippen LogP contribution < -0.4 is 11.3 Å². The Bertz CT molecular complexity index is 820. The van der Waals surface area contributed by atoms with E-state index in [1.165, 1.54) is 10.8 Å². The molecule has 1 aliphatic heterocycles. The molecule has 2 aromatic rings. The molecule has 0 radical (unpaired) electrons. The van der Waals surface area contributed by atoms with E-state index in [0.717, 1.165) is 0 Å². The molecular weight excluding hydrogens is 290 g/mol. The normalized spacial score (nSPS) is 28.1. The molecule has 5 N–H and O–H groups in total. The molecule has 1 aliphatic rings. The summed E-state index contributed by atoms with van der Waals surface area (Å²) in [4.78, 5) is 18.4. The zero-order chi connectivity index (χ0) is 16.0. The van der Waals surface area contributed by atoms with Crippen LogP contribution in [0.4, 0.5) is 5.95 Å². The van der Waals surface area contributed by atoms with Gasteiger partial charge in [0, 0.05) is 12.1 Å². The number of rotatable bonds is 2. The zero-order valence-electron chi connectivity index (χ0n) is 11.7. The third-order valence-corrected chi connectivity index (χ3v) is 4.01. The van der Waals surface area contributed by atoms with E-state index in [4.69, 9.17) is 10.5 Å². The van der Waals surface area contributed by atoms with Crippen LogP contribution in [0.15, 0.2) is 11.0 Å². The van der Waals surface area contributed by atoms with Gasteiger partial charge in [-0.25, -0.2) is 0 Å². The van der Waals surface area contributed by atoms with Crippen molar-refractivity contribution in [1.29, 1.82) is 5.26 Å². The monoisotopic (exact) mass is 305 g/mol. The van der Waals surface area contributed by atoms with Gasteiger partial charge >= 0.3 is 0 Å². The number of fused-ring (bicyclic) bond motifs is 1. The molecule has 4 atom stereocenters. The van der Waals surface area contributed by atoms with Gasteiger partial charge in [0.2, 0.25) is 5.95 Å². The Balaban J connectivity index is 2.20. The number of nitrogens with zero attached hydrogens (tertiary/aromatic N) is 3. The third-order valence-electron chi connectivity index (χ3n) is 4.01. The second-order valence-corrected chi connectivity index (χ2v) is 5.31. The van der Waals surface area contributed by atoms with Gasteiger partial charge in [-0.1, -0.05) is 6.92 Å². The lowest BCUT2D eigenvalue weighted by molar-refractivity contribution is -0.0489. The molecule has 9 nitrogen and oxygen atoms in total. The fourth-order valence-corrected chi connectivity index (χ4v) is 2.75. The number of H-pyrrole nitrogens is 1. The molecule has 0 amide bonds. The molecule has 1 fully saturated rings. The molecule has 0 bridgehead atoms. The van der Waals surface area contributed by atoms with Crippen molar-refractivity contribution in [3.8, 4) is 6.07 Å². The maximum Gasteiger partial charge on any atom is 0.263 e. The molecule has 22 heavy (non-hydrogen) atoms. The highest BCUT2D eigenvalue weighted by atomic mass is 16.5. The lowest BCUT2D eigenvalue weighted by Gasteiger charge is -2.17. The fraction of sp³-hybridized carbons (Fsp3) is 0.462. The standard InChI is InChI=1S/C13H15N5O4/c1-5-7(4-19)22-12(9(5)20)18-3-6(2-14)8-10(18)16-13(15)17-11(8)21/h3,5,7,9,12,19-20H,4H2,1H3,(H3,15,16,17,21)/t5-,7-,9-,12-/m0/s1. The number of aliphatic hydroxyl groups is 2. The first kappa shape index (κ1) is 14.5. The van der Waals surface area contributed by atoms with Gasteiger partial charge in [0.15, 0.2) is 11.9 Å². The third kappa shape index (κ3) is 1.97. The minimum atomic E-state index is -0.915. The predicted molar refractivity (Wildman–Crippen MR) is 75.6 cm³/mol. The van der Waals surface area contributed by atoms with Gasteiger partial charge in [-0.2, -0.15) is 10.2 Å². The first-order valence-corrected chi connectivity index (χ1v) is 6.72. The van der Waals surface area contributed by atoms with E-state index >= 15 is 0 Å². The SMILES string of the molecule is C[C@@H]1[C@H](O)[C@@H](n2cc(C#N)c3c(=O)[nH]c(N)nc32)O[C@H]1CO. The molecule has 3 rings (SSSR count). The average molecular weight is 305 g/mol. The number of nitrogens with two attached hydrogens (primary N) is 1. The van der Waals surface area contributed by atoms with Crippen molar-refractivity contribution in [3.63, 3.8) is 0 Å². The van der Waals surface area contributed by atoms with Crippen LogP contribution in [0.1, 0.15) is 18.7 Å². The van der Waals surface area contributed by atoms with Crippen LogP contribution in [0.3, 0.4) is 0 Å². The van der Waals surface area contributed by atoms with Crippen LogP contribution in [0.5, 0.6) is 0 Å². The van der Waals surface area contributed by atoms with Gasteiger partial charge in [-0.15, -0.1) is 0 Å². The van der Waals surface area contributed by atoms with Crippen LogP contribution in [0.2, 0.25) is 0 Å². The maximum absolute atomic E-state index is 12.0. The average Bonchev–Trinajstić information content (AvgIpc) is 2.98. The van der Waals surface area contributed by atoms with Gasteiger partial charge < -0.3 is 25.3 Å². The molecule has 9 heteroatoms. The van der Waals surface area contributed by atoms with E-state index in [1.807, 2.05) is 6.07 Å². The minimum absolute atomic E-state index is 0.0904. The summed E-state index contributed by atoms with van der Waals surface area (Å²) >= 11 is 0. The quantitative estimate of drug-likeness (QED) is 0.559. The van der Waals surface area contributed by atoms with Crippen molar-refractivity contribution in [3.05, 3.63) is 22.1 Å². The van der Waals surface area contributed by atoms with Gasteiger partial charge in [0.05, 0.1) is 18.3 Å². The first-order valence-electron chi connectivity index (χ1n) is 6.72. The second-order valence-electron chi connectivity index (χ2n) is 5.31. The first-order chi connectivity index (χ1) is 10.5. The summed E-state index contributed by atoms with van der Waals surface area (Å²) in [6.07, 6.45) is -0.915. The number of hydrogen-bond donors (Lipinski definition) is 4. The van der Waals surface area contributed by atoms with E-state index in [9.17, 15) is 20.3 Å². The summed E-state index contributed by atoms with van der Waals surface area (Å²) in [5, 5.41) is 28.9. The van der Waals surface area contributed by atoms with E-state index in [0.29, 0.717) is 0 Å². The number of aromatic amines is 1. The zero-order valence-corrected chi connectivity index (χ0v) is 11.7. The molecule has 0 saturated carbocycles. The van der Waals surface area contributed by atoms with E-state index < -0.39 is 24.0 Å². The largest absolute Gasteiger partial charge is 0.394 e. The highest BCUT2D eigenvalue weighted by molar-refractivity contribution is 5.83. The maximum atomic E-state index is 12.0. The molecule has 0 aromatic carbocycles. The molecule has 3 heterocycles. The van der Waals surface area contributed by atoms with Crippen molar-refractivity contribution in [2.45, 2.75) is 25.4 Å². The van der Waals surface area contributed by atoms with Crippen molar-refractivity contribution in [2.24, 2.45) is 5.92 Å². The van der Waals surface area contributed by atoms with E-state index in [-0.39, 0.29) is 35.1 Å². The van der Waals surface area contributed by atoms with Crippen molar-refractivity contribution >= 4 is 17.0 Å². The Kier molecular flexibility index (Phi) is 3.37. The molecule has 0 spiro atoms. The summed E-state index contributed by atoms with van der Waals surface area (Å²) in [6, 6.07) is 1.92. The predicted octanol–water partition coefficient (Wildman–Crippen LogP) is -0.935. The summed E-state index contributed by atoms with van der Waals surface area (Å²) < 4.78 is 7.04. The molecular formula is C13H15N5O4. The fourth-order valence-electron chi connectivity index (χ4n) is 2.75. The van der Waals surface area contributed by atoms with Gasteiger partial charge in [0.25, 0.3) is 5.56 Å². The number of hydrogen-bond acceptors (Lipinski definition) is 7. The smallest absolute Gasteiger partial charge is 0.263 e. The number of ether oxygens (including phenoxy) is 1. The molecule has 116 valence electrons. The molecule has 0 unspecified atom stereocenters. The molecule has 1 saturated heterocycles. The van der Waals surface area contributed by atoms with E-state index in [1.54, 1.807) is 6.92 Å². The Hall–Kier alpha value is -2.41. The minimum Gasteiger partial charge on any atom is -0.394 e. The Labute approximate surface area is 124 Å². The Morgan fingerprint density at radius 2 is 2.36 bits per heavy atom. The van der Waals surface area contributed by atoms with Crippen LogP contribution in [-0.2, 0) is 4.74 Å². The highest BCUT2D eigenvalue weighted by Crippen LogP contribution is 2.35. The molecule has 0 aliphatic carbocycles. The van der Waals surface area contributed by atoms with Gasteiger partial charge in [0.1, 0.15) is 17.6 Å². The van der Waals surface area contributed by atoms with Gasteiger partial charge in [-0.05, 0) is 0 Å². The summed E-state index contributed by atoms with van der Waals surface area (Å²) in [5.74, 6) is -0.405. The van der Waals surface area contributed by atoms with Crippen LogP contribution in [0, 0.1) is 17.2 Å².